The summed E-state index contributed by atoms with van der Waals surface area (Å²) in [6, 6.07) is 7.09. The Morgan fingerprint density at radius 3 is 2.16 bits per heavy atom. The third-order valence-electron chi connectivity index (χ3n) is 5.91. The van der Waals surface area contributed by atoms with Gasteiger partial charge in [-0.1, -0.05) is 23.8 Å². The Bertz CT molecular complexity index is 450. The quantitative estimate of drug-likeness (QED) is 0.859. The van der Waals surface area contributed by atoms with Crippen molar-refractivity contribution >= 4 is 0 Å². The summed E-state index contributed by atoms with van der Waals surface area (Å²) in [6.07, 6.45) is 8.46. The Morgan fingerprint density at radius 2 is 1.63 bits per heavy atom. The molecule has 0 atom stereocenters. The van der Waals surface area contributed by atoms with Gasteiger partial charge in [-0.3, -0.25) is 0 Å². The first kappa shape index (κ1) is 13.2. The van der Waals surface area contributed by atoms with Crippen LogP contribution in [0.2, 0.25) is 0 Å². The van der Waals surface area contributed by atoms with E-state index in [4.69, 9.17) is 0 Å². The molecule has 2 bridgehead atoms. The SMILES string of the molecule is CNCC12CCC(c3ccc(C)cc3C)(CC1)CC2. The lowest BCUT2D eigenvalue weighted by molar-refractivity contribution is 0.0412. The Labute approximate surface area is 117 Å². The van der Waals surface area contributed by atoms with E-state index in [9.17, 15) is 0 Å². The van der Waals surface area contributed by atoms with Crippen LogP contribution in [0.5, 0.6) is 0 Å². The minimum absolute atomic E-state index is 0.507. The molecule has 3 aliphatic carbocycles. The lowest BCUT2D eigenvalue weighted by Gasteiger charge is -2.54. The van der Waals surface area contributed by atoms with Crippen LogP contribution in [0.3, 0.4) is 0 Å². The van der Waals surface area contributed by atoms with E-state index in [1.54, 1.807) is 5.56 Å². The first-order valence-corrected chi connectivity index (χ1v) is 7.82. The Hall–Kier alpha value is -0.820. The second-order valence-corrected chi connectivity index (χ2v) is 7.13. The molecule has 0 radical (unpaired) electrons. The molecule has 1 aromatic carbocycles. The van der Waals surface area contributed by atoms with Gasteiger partial charge in [0.2, 0.25) is 0 Å². The fourth-order valence-corrected chi connectivity index (χ4v) is 4.72. The largest absolute Gasteiger partial charge is 0.319 e. The number of nitrogens with one attached hydrogen (secondary N) is 1. The molecule has 0 heterocycles. The third-order valence-corrected chi connectivity index (χ3v) is 5.91. The monoisotopic (exact) mass is 257 g/mol. The first-order chi connectivity index (χ1) is 9.09. The van der Waals surface area contributed by atoms with Crippen LogP contribution in [0.1, 0.15) is 55.2 Å². The Kier molecular flexibility index (Phi) is 3.21. The second kappa shape index (κ2) is 4.63. The van der Waals surface area contributed by atoms with Crippen LogP contribution < -0.4 is 5.32 Å². The van der Waals surface area contributed by atoms with Crippen molar-refractivity contribution in [2.24, 2.45) is 5.41 Å². The highest BCUT2D eigenvalue weighted by Gasteiger charge is 2.49. The lowest BCUT2D eigenvalue weighted by atomic mass is 9.51. The number of rotatable bonds is 3. The van der Waals surface area contributed by atoms with E-state index in [0.29, 0.717) is 10.8 Å². The van der Waals surface area contributed by atoms with Crippen LogP contribution in [0.15, 0.2) is 18.2 Å². The van der Waals surface area contributed by atoms with E-state index in [-0.39, 0.29) is 0 Å². The smallest absolute Gasteiger partial charge is 0.000482 e. The minimum atomic E-state index is 0.507. The van der Waals surface area contributed by atoms with Crippen LogP contribution in [0.25, 0.3) is 0 Å². The zero-order chi connectivity index (χ0) is 13.5. The summed E-state index contributed by atoms with van der Waals surface area (Å²) in [6.45, 7) is 5.73. The maximum absolute atomic E-state index is 3.42. The molecule has 0 spiro atoms. The molecule has 1 N–H and O–H groups in total. The highest BCUT2D eigenvalue weighted by Crippen LogP contribution is 2.57. The van der Waals surface area contributed by atoms with Crippen molar-refractivity contribution in [3.05, 3.63) is 34.9 Å². The standard InChI is InChI=1S/C18H27N/c1-14-4-5-16(15(2)12-14)18-9-6-17(7-10-18,8-11-18)13-19-3/h4-5,12,19H,6-11,13H2,1-3H3. The molecule has 0 aromatic heterocycles. The molecule has 4 rings (SSSR count). The predicted octanol–water partition coefficient (Wildman–Crippen LogP) is 4.11. The maximum atomic E-state index is 3.42. The number of hydrogen-bond acceptors (Lipinski definition) is 1. The van der Waals surface area contributed by atoms with Crippen molar-refractivity contribution in [2.75, 3.05) is 13.6 Å². The summed E-state index contributed by atoms with van der Waals surface area (Å²) in [5.41, 5.74) is 5.69. The second-order valence-electron chi connectivity index (χ2n) is 7.13. The van der Waals surface area contributed by atoms with Gasteiger partial charge in [0.25, 0.3) is 0 Å². The lowest BCUT2D eigenvalue weighted by Crippen LogP contribution is -2.48. The molecule has 3 fully saturated rings. The predicted molar refractivity (Wildman–Crippen MR) is 81.7 cm³/mol. The Morgan fingerprint density at radius 1 is 1.00 bits per heavy atom. The summed E-state index contributed by atoms with van der Waals surface area (Å²) in [4.78, 5) is 0. The van der Waals surface area contributed by atoms with E-state index in [0.717, 1.165) is 0 Å². The van der Waals surface area contributed by atoms with Crippen molar-refractivity contribution in [3.63, 3.8) is 0 Å². The number of benzene rings is 1. The van der Waals surface area contributed by atoms with Gasteiger partial charge in [-0.05, 0) is 81.4 Å². The van der Waals surface area contributed by atoms with E-state index in [1.165, 1.54) is 56.2 Å². The molecule has 1 nitrogen and oxygen atoms in total. The minimum Gasteiger partial charge on any atom is -0.319 e. The molecule has 3 saturated carbocycles. The van der Waals surface area contributed by atoms with Gasteiger partial charge < -0.3 is 5.32 Å². The van der Waals surface area contributed by atoms with Crippen molar-refractivity contribution in [3.8, 4) is 0 Å². The molecule has 0 unspecified atom stereocenters. The summed E-state index contributed by atoms with van der Waals surface area (Å²) in [7, 11) is 2.11. The van der Waals surface area contributed by atoms with E-state index in [1.807, 2.05) is 0 Å². The van der Waals surface area contributed by atoms with Gasteiger partial charge in [0, 0.05) is 6.54 Å². The van der Waals surface area contributed by atoms with Crippen molar-refractivity contribution in [2.45, 2.75) is 57.8 Å². The summed E-state index contributed by atoms with van der Waals surface area (Å²) in [5.74, 6) is 0. The molecule has 0 amide bonds. The van der Waals surface area contributed by atoms with E-state index >= 15 is 0 Å². The van der Waals surface area contributed by atoms with Gasteiger partial charge in [-0.25, -0.2) is 0 Å². The van der Waals surface area contributed by atoms with E-state index < -0.39 is 0 Å². The zero-order valence-corrected chi connectivity index (χ0v) is 12.7. The number of fused-ring (bicyclic) bond motifs is 3. The molecule has 3 aliphatic rings. The molecular weight excluding hydrogens is 230 g/mol. The van der Waals surface area contributed by atoms with Crippen LogP contribution in [0, 0.1) is 19.3 Å². The van der Waals surface area contributed by atoms with Crippen LogP contribution in [-0.4, -0.2) is 13.6 Å². The van der Waals surface area contributed by atoms with Crippen molar-refractivity contribution in [1.82, 2.24) is 5.32 Å². The highest BCUT2D eigenvalue weighted by molar-refractivity contribution is 5.38. The number of aryl methyl sites for hydroxylation is 2. The third kappa shape index (κ3) is 2.12. The van der Waals surface area contributed by atoms with Crippen LogP contribution >= 0.6 is 0 Å². The van der Waals surface area contributed by atoms with Crippen molar-refractivity contribution < 1.29 is 0 Å². The summed E-state index contributed by atoms with van der Waals surface area (Å²) >= 11 is 0. The molecule has 1 aromatic rings. The van der Waals surface area contributed by atoms with Gasteiger partial charge in [-0.15, -0.1) is 0 Å². The van der Waals surface area contributed by atoms with Gasteiger partial charge in [0.05, 0.1) is 0 Å². The summed E-state index contributed by atoms with van der Waals surface area (Å²) < 4.78 is 0. The highest BCUT2D eigenvalue weighted by atomic mass is 14.8. The normalized spacial score (nSPS) is 33.6. The maximum Gasteiger partial charge on any atom is 0.000482 e. The van der Waals surface area contributed by atoms with Crippen LogP contribution in [0.4, 0.5) is 0 Å². The average molecular weight is 257 g/mol. The van der Waals surface area contributed by atoms with Crippen molar-refractivity contribution in [1.29, 1.82) is 0 Å². The van der Waals surface area contributed by atoms with Gasteiger partial charge in [-0.2, -0.15) is 0 Å². The van der Waals surface area contributed by atoms with Gasteiger partial charge in [0.15, 0.2) is 0 Å². The van der Waals surface area contributed by atoms with Crippen LogP contribution in [-0.2, 0) is 5.41 Å². The Balaban J connectivity index is 1.87. The molecular formula is C18H27N. The molecule has 0 aliphatic heterocycles. The molecule has 0 saturated heterocycles. The first-order valence-electron chi connectivity index (χ1n) is 7.82. The van der Waals surface area contributed by atoms with Gasteiger partial charge in [0.1, 0.15) is 0 Å². The van der Waals surface area contributed by atoms with Gasteiger partial charge >= 0.3 is 0 Å². The molecule has 104 valence electrons. The fourth-order valence-electron chi connectivity index (χ4n) is 4.72. The molecule has 19 heavy (non-hydrogen) atoms. The zero-order valence-electron chi connectivity index (χ0n) is 12.7. The summed E-state index contributed by atoms with van der Waals surface area (Å²) in [5, 5.41) is 3.42. The fraction of sp³-hybridized carbons (Fsp3) is 0.667. The molecule has 1 heteroatoms. The average Bonchev–Trinajstić information content (AvgIpc) is 2.41. The number of hydrogen-bond donors (Lipinski definition) is 1. The van der Waals surface area contributed by atoms with E-state index in [2.05, 4.69) is 44.4 Å². The topological polar surface area (TPSA) is 12.0 Å².